The van der Waals surface area contributed by atoms with Crippen LogP contribution in [0.5, 0.6) is 0 Å². The van der Waals surface area contributed by atoms with Gasteiger partial charge in [-0.15, -0.1) is 0 Å². The summed E-state index contributed by atoms with van der Waals surface area (Å²) in [6, 6.07) is 16.2. The Hall–Kier alpha value is -2.17. The van der Waals surface area contributed by atoms with Gasteiger partial charge in [0.25, 0.3) is 6.17 Å². The molecule has 0 bridgehead atoms. The standard InChI is InChI=1S/C22H26ClN3O/c1-14(2)26(15(3)4)21-22(27)25(5)19-12-11-17(23)13-18(19)20(24-21)16-9-7-6-8-10-16/h6-15,21H,1-5H3/p+1/t21-/m1/s1. The van der Waals surface area contributed by atoms with E-state index in [0.717, 1.165) is 27.4 Å². The molecule has 0 aromatic heterocycles. The predicted molar refractivity (Wildman–Crippen MR) is 112 cm³/mol. The fourth-order valence-corrected chi connectivity index (χ4v) is 4.06. The van der Waals surface area contributed by atoms with Gasteiger partial charge in [0.15, 0.2) is 0 Å². The number of amides is 1. The molecule has 2 aromatic rings. The number of hydrogen-bond donors (Lipinski definition) is 1. The summed E-state index contributed by atoms with van der Waals surface area (Å²) in [5, 5.41) is 0.633. The lowest BCUT2D eigenvalue weighted by atomic mass is 10.0. The van der Waals surface area contributed by atoms with Crippen LogP contribution < -0.4 is 9.80 Å². The molecular weight excluding hydrogens is 358 g/mol. The van der Waals surface area contributed by atoms with Crippen LogP contribution in [0, 0.1) is 0 Å². The summed E-state index contributed by atoms with van der Waals surface area (Å²) < 4.78 is 0. The third kappa shape index (κ3) is 3.78. The number of benzene rings is 2. The van der Waals surface area contributed by atoms with Crippen molar-refractivity contribution < 1.29 is 9.69 Å². The lowest BCUT2D eigenvalue weighted by Crippen LogP contribution is -3.22. The van der Waals surface area contributed by atoms with Crippen molar-refractivity contribution in [3.63, 3.8) is 0 Å². The molecule has 142 valence electrons. The normalized spacial score (nSPS) is 17.4. The third-order valence-corrected chi connectivity index (χ3v) is 5.33. The Balaban J connectivity index is 2.27. The number of aliphatic imine (C=N–C) groups is 1. The van der Waals surface area contributed by atoms with Crippen LogP contribution in [0.1, 0.15) is 38.8 Å². The number of benzodiazepines with no additional fused rings is 1. The molecule has 1 N–H and O–H groups in total. The Labute approximate surface area is 166 Å². The zero-order valence-electron chi connectivity index (χ0n) is 16.5. The summed E-state index contributed by atoms with van der Waals surface area (Å²) in [6.45, 7) is 8.54. The second-order valence-corrected chi connectivity index (χ2v) is 8.05. The van der Waals surface area contributed by atoms with E-state index >= 15 is 0 Å². The predicted octanol–water partition coefficient (Wildman–Crippen LogP) is 3.18. The van der Waals surface area contributed by atoms with Crippen molar-refractivity contribution in [1.82, 2.24) is 0 Å². The van der Waals surface area contributed by atoms with Gasteiger partial charge in [-0.2, -0.15) is 0 Å². The van der Waals surface area contributed by atoms with Crippen LogP contribution in [-0.2, 0) is 4.79 Å². The minimum Gasteiger partial charge on any atom is -0.308 e. The number of fused-ring (bicyclic) bond motifs is 1. The van der Waals surface area contributed by atoms with E-state index in [1.807, 2.05) is 55.6 Å². The second-order valence-electron chi connectivity index (χ2n) is 7.61. The highest BCUT2D eigenvalue weighted by Gasteiger charge is 2.39. The highest BCUT2D eigenvalue weighted by atomic mass is 35.5. The number of nitrogens with one attached hydrogen (secondary N) is 1. The number of carbonyl (C=O) groups excluding carboxylic acids is 1. The van der Waals surface area contributed by atoms with Gasteiger partial charge < -0.3 is 9.80 Å². The average molecular weight is 385 g/mol. The first-order valence-corrected chi connectivity index (χ1v) is 9.76. The summed E-state index contributed by atoms with van der Waals surface area (Å²) in [5.74, 6) is 0.00176. The highest BCUT2D eigenvalue weighted by Crippen LogP contribution is 2.29. The SMILES string of the molecule is CC(C)[NH+](C(C)C)[C@H]1N=C(c2ccccc2)c2cc(Cl)ccc2N(C)C1=O. The molecule has 0 radical (unpaired) electrons. The molecule has 0 aliphatic carbocycles. The summed E-state index contributed by atoms with van der Waals surface area (Å²) in [4.78, 5) is 21.3. The molecule has 0 spiro atoms. The van der Waals surface area contributed by atoms with Gasteiger partial charge in [0, 0.05) is 23.2 Å². The van der Waals surface area contributed by atoms with Gasteiger partial charge in [0.1, 0.15) is 0 Å². The number of carbonyl (C=O) groups is 1. The minimum atomic E-state index is -0.503. The van der Waals surface area contributed by atoms with E-state index in [1.54, 1.807) is 4.90 Å². The van der Waals surface area contributed by atoms with Crippen molar-refractivity contribution in [1.29, 1.82) is 0 Å². The Morgan fingerprint density at radius 2 is 1.67 bits per heavy atom. The van der Waals surface area contributed by atoms with E-state index in [0.29, 0.717) is 5.02 Å². The number of rotatable bonds is 4. The van der Waals surface area contributed by atoms with E-state index in [1.165, 1.54) is 0 Å². The molecule has 1 heterocycles. The molecule has 3 rings (SSSR count). The van der Waals surface area contributed by atoms with Crippen molar-refractivity contribution in [3.8, 4) is 0 Å². The van der Waals surface area contributed by atoms with Gasteiger partial charge in [0.2, 0.25) is 0 Å². The van der Waals surface area contributed by atoms with Crippen LogP contribution >= 0.6 is 11.6 Å². The first-order valence-electron chi connectivity index (χ1n) is 9.38. The minimum absolute atomic E-state index is 0.00176. The number of likely N-dealkylation sites (N-methyl/N-ethyl adjacent to an activating group) is 1. The first-order chi connectivity index (χ1) is 12.8. The largest absolute Gasteiger partial charge is 0.309 e. The highest BCUT2D eigenvalue weighted by molar-refractivity contribution is 6.32. The molecule has 1 atom stereocenters. The van der Waals surface area contributed by atoms with Crippen LogP contribution in [0.2, 0.25) is 5.02 Å². The topological polar surface area (TPSA) is 37.1 Å². The van der Waals surface area contributed by atoms with Gasteiger partial charge >= 0.3 is 5.91 Å². The van der Waals surface area contributed by atoms with Crippen molar-refractivity contribution in [2.45, 2.75) is 45.9 Å². The molecule has 1 aliphatic heterocycles. The molecule has 0 saturated carbocycles. The van der Waals surface area contributed by atoms with Crippen molar-refractivity contribution in [3.05, 3.63) is 64.7 Å². The lowest BCUT2D eigenvalue weighted by molar-refractivity contribution is -0.956. The molecule has 5 heteroatoms. The molecule has 1 aliphatic rings. The lowest BCUT2D eigenvalue weighted by Gasteiger charge is -2.33. The Morgan fingerprint density at radius 3 is 2.26 bits per heavy atom. The number of nitrogens with zero attached hydrogens (tertiary/aromatic N) is 2. The Morgan fingerprint density at radius 1 is 1.04 bits per heavy atom. The van der Waals surface area contributed by atoms with Crippen molar-refractivity contribution in [2.75, 3.05) is 11.9 Å². The number of quaternary nitrogens is 1. The van der Waals surface area contributed by atoms with Crippen LogP contribution in [0.3, 0.4) is 0 Å². The number of hydrogen-bond acceptors (Lipinski definition) is 2. The van der Waals surface area contributed by atoms with Crippen LogP contribution in [0.15, 0.2) is 53.5 Å². The zero-order chi connectivity index (χ0) is 19.7. The zero-order valence-corrected chi connectivity index (χ0v) is 17.3. The third-order valence-electron chi connectivity index (χ3n) is 5.09. The summed E-state index contributed by atoms with van der Waals surface area (Å²) in [5.41, 5.74) is 3.52. The van der Waals surface area contributed by atoms with E-state index in [9.17, 15) is 4.79 Å². The first kappa shape index (κ1) is 19.6. The average Bonchev–Trinajstić information content (AvgIpc) is 2.72. The molecule has 4 nitrogen and oxygen atoms in total. The second kappa shape index (κ2) is 7.83. The maximum absolute atomic E-state index is 13.4. The molecular formula is C22H27ClN3O+. The van der Waals surface area contributed by atoms with Crippen LogP contribution in [-0.4, -0.2) is 36.9 Å². The maximum Gasteiger partial charge on any atom is 0.309 e. The quantitative estimate of drug-likeness (QED) is 0.863. The van der Waals surface area contributed by atoms with Crippen molar-refractivity contribution >= 4 is 28.9 Å². The molecule has 1 amide bonds. The van der Waals surface area contributed by atoms with Gasteiger partial charge in [0.05, 0.1) is 23.5 Å². The molecule has 27 heavy (non-hydrogen) atoms. The molecule has 0 unspecified atom stereocenters. The summed E-state index contributed by atoms with van der Waals surface area (Å²) in [6.07, 6.45) is -0.503. The maximum atomic E-state index is 13.4. The Kier molecular flexibility index (Phi) is 5.68. The molecule has 2 aromatic carbocycles. The van der Waals surface area contributed by atoms with E-state index in [-0.39, 0.29) is 18.0 Å². The van der Waals surface area contributed by atoms with Gasteiger partial charge in [-0.25, -0.2) is 4.99 Å². The van der Waals surface area contributed by atoms with Gasteiger partial charge in [-0.1, -0.05) is 41.9 Å². The van der Waals surface area contributed by atoms with Gasteiger partial charge in [-0.3, -0.25) is 4.79 Å². The summed E-state index contributed by atoms with van der Waals surface area (Å²) >= 11 is 6.30. The smallest absolute Gasteiger partial charge is 0.308 e. The molecule has 0 saturated heterocycles. The van der Waals surface area contributed by atoms with Crippen LogP contribution in [0.4, 0.5) is 5.69 Å². The van der Waals surface area contributed by atoms with Gasteiger partial charge in [-0.05, 0) is 45.9 Å². The van der Waals surface area contributed by atoms with Crippen LogP contribution in [0.25, 0.3) is 0 Å². The number of anilines is 1. The summed E-state index contributed by atoms with van der Waals surface area (Å²) in [7, 11) is 1.82. The fourth-order valence-electron chi connectivity index (χ4n) is 3.89. The number of halogens is 1. The molecule has 0 fully saturated rings. The Bertz CT molecular complexity index is 853. The van der Waals surface area contributed by atoms with E-state index < -0.39 is 6.17 Å². The van der Waals surface area contributed by atoms with Crippen molar-refractivity contribution in [2.24, 2.45) is 4.99 Å². The monoisotopic (exact) mass is 384 g/mol. The fraction of sp³-hybridized carbons (Fsp3) is 0.364. The van der Waals surface area contributed by atoms with E-state index in [2.05, 4.69) is 27.7 Å². The van der Waals surface area contributed by atoms with E-state index in [4.69, 9.17) is 16.6 Å².